The normalized spacial score (nSPS) is 11.8. The van der Waals surface area contributed by atoms with Crippen LogP contribution in [-0.4, -0.2) is 15.0 Å². The predicted octanol–water partition coefficient (Wildman–Crippen LogP) is 7.41. The number of nitrogens with zero attached hydrogens (tertiary/aromatic N) is 3. The van der Waals surface area contributed by atoms with Gasteiger partial charge in [0, 0.05) is 29.6 Å². The Morgan fingerprint density at radius 2 is 1.50 bits per heavy atom. The molecule has 2 aromatic heterocycles. The highest BCUT2D eigenvalue weighted by atomic mass is 32.1. The number of thiazole rings is 1. The summed E-state index contributed by atoms with van der Waals surface area (Å²) >= 11 is 0.690. The minimum atomic E-state index is -3.91. The van der Waals surface area contributed by atoms with Gasteiger partial charge in [0.1, 0.15) is 11.6 Å². The number of ether oxygens (including phenoxy) is 1. The third-order valence-electron chi connectivity index (χ3n) is 5.16. The van der Waals surface area contributed by atoms with Crippen LogP contribution in [0.4, 0.5) is 26.3 Å². The van der Waals surface area contributed by atoms with Crippen LogP contribution < -0.4 is 4.74 Å². The number of aromatic nitrogens is 3. The molecule has 36 heavy (non-hydrogen) atoms. The number of rotatable bonds is 5. The first-order chi connectivity index (χ1) is 17.1. The third kappa shape index (κ3) is 4.49. The van der Waals surface area contributed by atoms with Gasteiger partial charge in [0.15, 0.2) is 23.3 Å². The number of alkyl halides is 2. The van der Waals surface area contributed by atoms with Crippen molar-refractivity contribution >= 4 is 21.6 Å². The molecular weight excluding hydrogens is 504 g/mol. The Morgan fingerprint density at radius 1 is 0.806 bits per heavy atom. The van der Waals surface area contributed by atoms with Gasteiger partial charge in [0.2, 0.25) is 5.01 Å². The summed E-state index contributed by atoms with van der Waals surface area (Å²) in [5, 5.41) is -0.661. The maximum absolute atomic E-state index is 14.9. The molecule has 11 heteroatoms. The summed E-state index contributed by atoms with van der Waals surface area (Å²) < 4.78 is 89.7. The minimum absolute atomic E-state index is 0.302. The lowest BCUT2D eigenvalue weighted by atomic mass is 10.0. The SMILES string of the molecule is Cc1cnc(-c2ccc3nc(C(F)(F)Oc4ccc(-c5cc(F)c(F)c(F)c5)c(F)c4)sc3c2)nc1. The molecule has 0 aliphatic rings. The summed E-state index contributed by atoms with van der Waals surface area (Å²) in [6, 6.07) is 8.69. The van der Waals surface area contributed by atoms with E-state index in [1.165, 1.54) is 0 Å². The minimum Gasteiger partial charge on any atom is -0.427 e. The molecule has 0 amide bonds. The van der Waals surface area contributed by atoms with Crippen LogP contribution in [0.15, 0.2) is 60.9 Å². The van der Waals surface area contributed by atoms with E-state index in [0.29, 0.717) is 51.1 Å². The van der Waals surface area contributed by atoms with Crippen molar-refractivity contribution in [1.82, 2.24) is 15.0 Å². The van der Waals surface area contributed by atoms with Crippen LogP contribution in [-0.2, 0) is 6.11 Å². The molecule has 0 saturated carbocycles. The van der Waals surface area contributed by atoms with Gasteiger partial charge < -0.3 is 4.74 Å². The monoisotopic (exact) mass is 517 g/mol. The second-order valence-electron chi connectivity index (χ2n) is 7.80. The zero-order valence-corrected chi connectivity index (χ0v) is 19.0. The summed E-state index contributed by atoms with van der Waals surface area (Å²) in [6.07, 6.45) is -0.632. The average molecular weight is 517 g/mol. The topological polar surface area (TPSA) is 47.9 Å². The molecule has 0 aliphatic carbocycles. The van der Waals surface area contributed by atoms with E-state index >= 15 is 0 Å². The molecule has 0 bridgehead atoms. The van der Waals surface area contributed by atoms with Gasteiger partial charge in [-0.05, 0) is 60.5 Å². The van der Waals surface area contributed by atoms with E-state index in [9.17, 15) is 26.3 Å². The van der Waals surface area contributed by atoms with Gasteiger partial charge in [0.05, 0.1) is 10.2 Å². The summed E-state index contributed by atoms with van der Waals surface area (Å²) in [5.74, 6) is -5.93. The lowest BCUT2D eigenvalue weighted by molar-refractivity contribution is -0.185. The number of hydrogen-bond donors (Lipinski definition) is 0. The highest BCUT2D eigenvalue weighted by Crippen LogP contribution is 2.38. The molecule has 182 valence electrons. The Morgan fingerprint density at radius 3 is 2.17 bits per heavy atom. The van der Waals surface area contributed by atoms with Crippen molar-refractivity contribution in [2.75, 3.05) is 0 Å². The van der Waals surface area contributed by atoms with Gasteiger partial charge in [-0.1, -0.05) is 0 Å². The lowest BCUT2D eigenvalue weighted by Gasteiger charge is -2.16. The van der Waals surface area contributed by atoms with E-state index in [2.05, 4.69) is 15.0 Å². The van der Waals surface area contributed by atoms with Crippen LogP contribution in [0.2, 0.25) is 0 Å². The smallest absolute Gasteiger partial charge is 0.427 e. The molecule has 2 heterocycles. The van der Waals surface area contributed by atoms with E-state index < -0.39 is 40.1 Å². The van der Waals surface area contributed by atoms with Crippen LogP contribution in [0, 0.1) is 30.2 Å². The number of halogens is 6. The van der Waals surface area contributed by atoms with Crippen LogP contribution in [0.3, 0.4) is 0 Å². The molecule has 0 atom stereocenters. The van der Waals surface area contributed by atoms with Crippen LogP contribution in [0.1, 0.15) is 10.6 Å². The number of benzene rings is 3. The Kier molecular flexibility index (Phi) is 5.87. The van der Waals surface area contributed by atoms with E-state index in [1.807, 2.05) is 6.92 Å². The van der Waals surface area contributed by atoms with Crippen molar-refractivity contribution < 1.29 is 31.1 Å². The highest BCUT2D eigenvalue weighted by molar-refractivity contribution is 7.18. The summed E-state index contributed by atoms with van der Waals surface area (Å²) in [5.41, 5.74) is 1.17. The fourth-order valence-electron chi connectivity index (χ4n) is 3.43. The average Bonchev–Trinajstić information content (AvgIpc) is 3.27. The summed E-state index contributed by atoms with van der Waals surface area (Å²) in [7, 11) is 0. The molecule has 0 saturated heterocycles. The largest absolute Gasteiger partial charge is 0.454 e. The van der Waals surface area contributed by atoms with Gasteiger partial charge in [-0.25, -0.2) is 32.5 Å². The predicted molar refractivity (Wildman–Crippen MR) is 122 cm³/mol. The summed E-state index contributed by atoms with van der Waals surface area (Å²) in [6.45, 7) is 1.84. The molecule has 5 rings (SSSR count). The Labute approximate surface area is 203 Å². The van der Waals surface area contributed by atoms with Gasteiger partial charge >= 0.3 is 6.11 Å². The Bertz CT molecular complexity index is 1580. The van der Waals surface area contributed by atoms with E-state index in [0.717, 1.165) is 17.7 Å². The zero-order valence-electron chi connectivity index (χ0n) is 18.2. The number of hydrogen-bond acceptors (Lipinski definition) is 5. The Hall–Kier alpha value is -3.99. The van der Waals surface area contributed by atoms with Crippen molar-refractivity contribution in [1.29, 1.82) is 0 Å². The molecule has 3 aromatic carbocycles. The molecule has 0 aliphatic heterocycles. The lowest BCUT2D eigenvalue weighted by Crippen LogP contribution is -2.21. The first-order valence-electron chi connectivity index (χ1n) is 10.3. The third-order valence-corrected chi connectivity index (χ3v) is 6.23. The summed E-state index contributed by atoms with van der Waals surface area (Å²) in [4.78, 5) is 12.4. The van der Waals surface area contributed by atoms with Crippen molar-refractivity contribution in [3.05, 3.63) is 94.8 Å². The Balaban J connectivity index is 1.41. The van der Waals surface area contributed by atoms with Gasteiger partial charge in [-0.2, -0.15) is 8.78 Å². The van der Waals surface area contributed by atoms with Crippen LogP contribution >= 0.6 is 11.3 Å². The molecule has 0 N–H and O–H groups in total. The maximum atomic E-state index is 14.9. The van der Waals surface area contributed by atoms with Crippen molar-refractivity contribution in [3.63, 3.8) is 0 Å². The number of aryl methyl sites for hydroxylation is 1. The molecule has 5 aromatic rings. The van der Waals surface area contributed by atoms with Crippen LogP contribution in [0.25, 0.3) is 32.7 Å². The molecule has 4 nitrogen and oxygen atoms in total. The highest BCUT2D eigenvalue weighted by Gasteiger charge is 2.39. The van der Waals surface area contributed by atoms with Gasteiger partial charge in [-0.3, -0.25) is 0 Å². The number of fused-ring (bicyclic) bond motifs is 1. The second kappa shape index (κ2) is 8.90. The molecular formula is C25H13F6N3OS. The van der Waals surface area contributed by atoms with E-state index in [1.54, 1.807) is 30.6 Å². The molecule has 0 fully saturated rings. The van der Waals surface area contributed by atoms with Gasteiger partial charge in [0.25, 0.3) is 0 Å². The van der Waals surface area contributed by atoms with E-state index in [4.69, 9.17) is 4.74 Å². The molecule has 0 radical (unpaired) electrons. The second-order valence-corrected chi connectivity index (χ2v) is 8.83. The standard InChI is InChI=1S/C25H13F6N3OS/c1-12-10-32-23(33-11-12)13-2-5-20-21(8-13)36-24(34-20)25(30,31)35-15-3-4-16(17(26)9-15)14-6-18(27)22(29)19(28)7-14/h2-11H,1H3. The first kappa shape index (κ1) is 23.7. The van der Waals surface area contributed by atoms with Crippen molar-refractivity contribution in [2.24, 2.45) is 0 Å². The fourth-order valence-corrected chi connectivity index (χ4v) is 4.34. The molecule has 0 spiro atoms. The molecule has 0 unspecified atom stereocenters. The van der Waals surface area contributed by atoms with Crippen molar-refractivity contribution in [3.8, 4) is 28.3 Å². The quantitative estimate of drug-likeness (QED) is 0.180. The fraction of sp³-hybridized carbons (Fsp3) is 0.0800. The van der Waals surface area contributed by atoms with Crippen molar-refractivity contribution in [2.45, 2.75) is 13.0 Å². The van der Waals surface area contributed by atoms with E-state index in [-0.39, 0.29) is 11.1 Å². The van der Waals surface area contributed by atoms with Crippen LogP contribution in [0.5, 0.6) is 5.75 Å². The first-order valence-corrected chi connectivity index (χ1v) is 11.1. The van der Waals surface area contributed by atoms with Gasteiger partial charge in [-0.15, -0.1) is 11.3 Å². The maximum Gasteiger partial charge on any atom is 0.454 e. The zero-order chi connectivity index (χ0) is 25.6.